The van der Waals surface area contributed by atoms with E-state index in [0.29, 0.717) is 11.3 Å². The molecule has 1 N–H and O–H groups in total. The summed E-state index contributed by atoms with van der Waals surface area (Å²) >= 11 is 0. The summed E-state index contributed by atoms with van der Waals surface area (Å²) in [5.74, 6) is -2.02. The molecule has 3 aromatic rings. The van der Waals surface area contributed by atoms with E-state index in [-0.39, 0.29) is 16.8 Å². The molecule has 1 unspecified atom stereocenters. The van der Waals surface area contributed by atoms with Crippen molar-refractivity contribution in [2.45, 2.75) is 19.9 Å². The third-order valence-electron chi connectivity index (χ3n) is 5.56. The van der Waals surface area contributed by atoms with Crippen molar-refractivity contribution < 1.29 is 19.6 Å². The van der Waals surface area contributed by atoms with Crippen LogP contribution in [-0.4, -0.2) is 26.7 Å². The second-order valence-electron chi connectivity index (χ2n) is 7.53. The van der Waals surface area contributed by atoms with Gasteiger partial charge < -0.3 is 5.11 Å². The van der Waals surface area contributed by atoms with E-state index in [1.807, 2.05) is 26.0 Å². The highest BCUT2D eigenvalue weighted by Gasteiger charge is 2.47. The number of anilines is 1. The Hall–Kier alpha value is -4.33. The number of carbonyl (C=O) groups excluding carboxylic acids is 2. The van der Waals surface area contributed by atoms with Crippen LogP contribution in [0.3, 0.4) is 0 Å². The molecule has 1 aliphatic heterocycles. The minimum Gasteiger partial charge on any atom is -0.507 e. The zero-order valence-electron chi connectivity index (χ0n) is 17.4. The summed E-state index contributed by atoms with van der Waals surface area (Å²) < 4.78 is 0. The van der Waals surface area contributed by atoms with Gasteiger partial charge in [-0.05, 0) is 60.9 Å². The van der Waals surface area contributed by atoms with E-state index < -0.39 is 28.4 Å². The van der Waals surface area contributed by atoms with Crippen LogP contribution < -0.4 is 4.90 Å². The molecule has 2 heterocycles. The smallest absolute Gasteiger partial charge is 0.300 e. The molecule has 32 heavy (non-hydrogen) atoms. The van der Waals surface area contributed by atoms with E-state index >= 15 is 0 Å². The zero-order valence-corrected chi connectivity index (χ0v) is 17.4. The van der Waals surface area contributed by atoms with Crippen molar-refractivity contribution in [1.29, 1.82) is 0 Å². The van der Waals surface area contributed by atoms with Gasteiger partial charge in [0.15, 0.2) is 0 Å². The van der Waals surface area contributed by atoms with Gasteiger partial charge in [-0.25, -0.2) is 0 Å². The summed E-state index contributed by atoms with van der Waals surface area (Å²) in [5, 5.41) is 22.0. The summed E-state index contributed by atoms with van der Waals surface area (Å²) in [6.07, 6.45) is 3.11. The molecule has 1 aromatic heterocycles. The molecule has 0 bridgehead atoms. The SMILES string of the molecule is Cc1ccc(N2C(=O)C(=O)/C(=C(/O)c3ccc([N+](=O)[O-])cc3)C2c2cccnc2)cc1C. The van der Waals surface area contributed by atoms with Gasteiger partial charge in [-0.3, -0.25) is 29.6 Å². The van der Waals surface area contributed by atoms with Gasteiger partial charge in [0.2, 0.25) is 0 Å². The van der Waals surface area contributed by atoms with Crippen LogP contribution in [0.5, 0.6) is 0 Å². The lowest BCUT2D eigenvalue weighted by atomic mass is 9.96. The Kier molecular flexibility index (Phi) is 5.28. The summed E-state index contributed by atoms with van der Waals surface area (Å²) in [7, 11) is 0. The molecule has 0 radical (unpaired) electrons. The number of nitro benzene ring substituents is 1. The maximum absolute atomic E-state index is 13.1. The van der Waals surface area contributed by atoms with Gasteiger partial charge in [0.1, 0.15) is 5.76 Å². The fourth-order valence-corrected chi connectivity index (χ4v) is 3.72. The van der Waals surface area contributed by atoms with Crippen LogP contribution in [0.25, 0.3) is 5.76 Å². The number of benzene rings is 2. The Balaban J connectivity index is 1.91. The van der Waals surface area contributed by atoms with Gasteiger partial charge in [-0.1, -0.05) is 12.1 Å². The topological polar surface area (TPSA) is 114 Å². The Morgan fingerprint density at radius 1 is 1.06 bits per heavy atom. The number of amides is 1. The number of hydrogen-bond donors (Lipinski definition) is 1. The molecule has 1 aliphatic rings. The van der Waals surface area contributed by atoms with Crippen molar-refractivity contribution in [3.8, 4) is 0 Å². The molecular formula is C24H19N3O5. The summed E-state index contributed by atoms with van der Waals surface area (Å²) in [4.78, 5) is 42.0. The molecule has 2 aromatic carbocycles. The molecule has 1 atom stereocenters. The minimum atomic E-state index is -0.902. The highest BCUT2D eigenvalue weighted by atomic mass is 16.6. The predicted molar refractivity (Wildman–Crippen MR) is 118 cm³/mol. The molecule has 0 spiro atoms. The van der Waals surface area contributed by atoms with Crippen molar-refractivity contribution in [3.63, 3.8) is 0 Å². The fourth-order valence-electron chi connectivity index (χ4n) is 3.72. The van der Waals surface area contributed by atoms with E-state index in [1.165, 1.54) is 35.4 Å². The Morgan fingerprint density at radius 2 is 1.78 bits per heavy atom. The van der Waals surface area contributed by atoms with Crippen molar-refractivity contribution in [1.82, 2.24) is 4.98 Å². The molecule has 0 saturated carbocycles. The monoisotopic (exact) mass is 429 g/mol. The third-order valence-corrected chi connectivity index (χ3v) is 5.56. The fraction of sp³-hybridized carbons (Fsp3) is 0.125. The van der Waals surface area contributed by atoms with E-state index in [1.54, 1.807) is 24.4 Å². The minimum absolute atomic E-state index is 0.102. The molecule has 1 saturated heterocycles. The molecular weight excluding hydrogens is 410 g/mol. The van der Waals surface area contributed by atoms with Gasteiger partial charge in [0, 0.05) is 35.8 Å². The number of nitrogens with zero attached hydrogens (tertiary/aromatic N) is 3. The second kappa shape index (κ2) is 8.07. The van der Waals surface area contributed by atoms with Crippen LogP contribution >= 0.6 is 0 Å². The van der Waals surface area contributed by atoms with Crippen molar-refractivity contribution in [3.05, 3.63) is 105 Å². The van der Waals surface area contributed by atoms with Crippen molar-refractivity contribution >= 4 is 28.8 Å². The number of non-ortho nitro benzene ring substituents is 1. The number of rotatable bonds is 4. The van der Waals surface area contributed by atoms with Crippen LogP contribution in [0.15, 0.2) is 72.6 Å². The first-order chi connectivity index (χ1) is 15.3. The van der Waals surface area contributed by atoms with Crippen LogP contribution in [0.1, 0.15) is 28.3 Å². The van der Waals surface area contributed by atoms with Crippen LogP contribution in [0.4, 0.5) is 11.4 Å². The lowest BCUT2D eigenvalue weighted by Gasteiger charge is -2.25. The second-order valence-corrected chi connectivity index (χ2v) is 7.53. The van der Waals surface area contributed by atoms with E-state index in [2.05, 4.69) is 4.98 Å². The lowest BCUT2D eigenvalue weighted by Crippen LogP contribution is -2.29. The molecule has 8 nitrogen and oxygen atoms in total. The van der Waals surface area contributed by atoms with Crippen LogP contribution in [0.2, 0.25) is 0 Å². The average Bonchev–Trinajstić information content (AvgIpc) is 3.06. The molecule has 0 aliphatic carbocycles. The maximum Gasteiger partial charge on any atom is 0.300 e. The average molecular weight is 429 g/mol. The molecule has 160 valence electrons. The number of carbonyl (C=O) groups is 2. The Labute approximate surface area is 183 Å². The standard InChI is InChI=1S/C24H19N3O5/c1-14-5-8-19(12-15(14)2)26-21(17-4-3-11-25-13-17)20(23(29)24(26)30)22(28)16-6-9-18(10-7-16)27(31)32/h3-13,21,28H,1-2H3/b22-20+. The number of nitro groups is 1. The maximum atomic E-state index is 13.1. The van der Waals surface area contributed by atoms with Crippen molar-refractivity contribution in [2.75, 3.05) is 4.90 Å². The van der Waals surface area contributed by atoms with Gasteiger partial charge in [0.05, 0.1) is 16.5 Å². The Morgan fingerprint density at radius 3 is 2.38 bits per heavy atom. The summed E-state index contributed by atoms with van der Waals surface area (Å²) in [6, 6.07) is 13.1. The molecule has 8 heteroatoms. The normalized spacial score (nSPS) is 17.6. The Bertz CT molecular complexity index is 1270. The number of aryl methyl sites for hydroxylation is 2. The van der Waals surface area contributed by atoms with Crippen LogP contribution in [-0.2, 0) is 9.59 Å². The number of aliphatic hydroxyl groups is 1. The number of ketones is 1. The first kappa shape index (κ1) is 20.9. The number of Topliss-reactive ketones (excluding diaryl/α,β-unsaturated/α-hetero) is 1. The number of aliphatic hydroxyl groups excluding tert-OH is 1. The number of aromatic nitrogens is 1. The van der Waals surface area contributed by atoms with Crippen LogP contribution in [0, 0.1) is 24.0 Å². The number of hydrogen-bond acceptors (Lipinski definition) is 6. The molecule has 1 fully saturated rings. The largest absolute Gasteiger partial charge is 0.507 e. The van der Waals surface area contributed by atoms with E-state index in [9.17, 15) is 24.8 Å². The third kappa shape index (κ3) is 3.51. The summed E-state index contributed by atoms with van der Waals surface area (Å²) in [5.41, 5.74) is 3.00. The summed E-state index contributed by atoms with van der Waals surface area (Å²) in [6.45, 7) is 3.85. The van der Waals surface area contributed by atoms with Gasteiger partial charge >= 0.3 is 0 Å². The van der Waals surface area contributed by atoms with Gasteiger partial charge in [-0.2, -0.15) is 0 Å². The van der Waals surface area contributed by atoms with Gasteiger partial charge in [0.25, 0.3) is 17.4 Å². The van der Waals surface area contributed by atoms with Gasteiger partial charge in [-0.15, -0.1) is 0 Å². The first-order valence-corrected chi connectivity index (χ1v) is 9.82. The predicted octanol–water partition coefficient (Wildman–Crippen LogP) is 4.23. The zero-order chi connectivity index (χ0) is 23.0. The van der Waals surface area contributed by atoms with E-state index in [0.717, 1.165) is 11.1 Å². The number of pyridine rings is 1. The van der Waals surface area contributed by atoms with E-state index in [4.69, 9.17) is 0 Å². The lowest BCUT2D eigenvalue weighted by molar-refractivity contribution is -0.384. The highest BCUT2D eigenvalue weighted by Crippen LogP contribution is 2.42. The first-order valence-electron chi connectivity index (χ1n) is 9.82. The van der Waals surface area contributed by atoms with Crippen molar-refractivity contribution in [2.24, 2.45) is 0 Å². The highest BCUT2D eigenvalue weighted by molar-refractivity contribution is 6.51. The quantitative estimate of drug-likeness (QED) is 0.218. The molecule has 1 amide bonds. The molecule has 4 rings (SSSR count).